The quantitative estimate of drug-likeness (QED) is 0.814. The Kier molecular flexibility index (Phi) is 6.11. The number of rotatable bonds is 6. The van der Waals surface area contributed by atoms with Crippen LogP contribution >= 0.6 is 0 Å². The minimum atomic E-state index is -0.177. The van der Waals surface area contributed by atoms with Crippen LogP contribution in [0.25, 0.3) is 5.69 Å². The molecule has 1 saturated carbocycles. The van der Waals surface area contributed by atoms with Gasteiger partial charge in [0.25, 0.3) is 5.91 Å². The van der Waals surface area contributed by atoms with Crippen molar-refractivity contribution in [2.24, 2.45) is 11.7 Å². The highest BCUT2D eigenvalue weighted by molar-refractivity contribution is 5.93. The summed E-state index contributed by atoms with van der Waals surface area (Å²) in [6.45, 7) is 6.43. The van der Waals surface area contributed by atoms with Crippen LogP contribution < -0.4 is 15.8 Å². The number of nitrogens with two attached hydrogens (primary N) is 1. The number of amides is 1. The summed E-state index contributed by atoms with van der Waals surface area (Å²) in [6.07, 6.45) is 4.46. The summed E-state index contributed by atoms with van der Waals surface area (Å²) in [4.78, 5) is 12.7. The van der Waals surface area contributed by atoms with E-state index in [4.69, 9.17) is 10.5 Å². The number of ether oxygens (including phenoxy) is 1. The summed E-state index contributed by atoms with van der Waals surface area (Å²) >= 11 is 0. The molecule has 1 aliphatic rings. The Balaban J connectivity index is 1.73. The molecule has 7 nitrogen and oxygen atoms in total. The van der Waals surface area contributed by atoms with Crippen LogP contribution in [-0.2, 0) is 0 Å². The molecule has 1 heterocycles. The van der Waals surface area contributed by atoms with Gasteiger partial charge < -0.3 is 15.8 Å². The molecule has 146 valence electrons. The van der Waals surface area contributed by atoms with Crippen LogP contribution in [0.5, 0.6) is 5.75 Å². The number of aromatic nitrogens is 3. The van der Waals surface area contributed by atoms with Crippen molar-refractivity contribution in [3.05, 3.63) is 35.7 Å². The lowest BCUT2D eigenvalue weighted by Gasteiger charge is -2.31. The lowest BCUT2D eigenvalue weighted by molar-refractivity contribution is 0.0902. The van der Waals surface area contributed by atoms with Crippen LogP contribution in [0.2, 0.25) is 0 Å². The zero-order chi connectivity index (χ0) is 19.4. The highest BCUT2D eigenvalue weighted by atomic mass is 16.5. The molecule has 0 bridgehead atoms. The number of hydrogen-bond donors (Lipinski definition) is 2. The molecule has 7 heteroatoms. The van der Waals surface area contributed by atoms with Crippen LogP contribution in [0.3, 0.4) is 0 Å². The maximum atomic E-state index is 12.7. The fourth-order valence-corrected chi connectivity index (χ4v) is 3.64. The molecular weight excluding hydrogens is 342 g/mol. The first-order valence-electron chi connectivity index (χ1n) is 9.70. The van der Waals surface area contributed by atoms with Crippen LogP contribution in [-0.4, -0.2) is 39.6 Å². The summed E-state index contributed by atoms with van der Waals surface area (Å²) in [6, 6.07) is 7.72. The van der Waals surface area contributed by atoms with E-state index in [1.54, 1.807) is 4.68 Å². The molecule has 27 heavy (non-hydrogen) atoms. The second-order valence-corrected chi connectivity index (χ2v) is 7.46. The molecule has 1 aliphatic carbocycles. The Labute approximate surface area is 160 Å². The summed E-state index contributed by atoms with van der Waals surface area (Å²) in [7, 11) is 0. The minimum absolute atomic E-state index is 0.119. The van der Waals surface area contributed by atoms with Gasteiger partial charge in [-0.2, -0.15) is 0 Å². The maximum Gasteiger partial charge on any atom is 0.273 e. The standard InChI is InChI=1S/C20H29N5O2/c1-13(2)27-17-10-8-16(9-11-17)25-14(3)19(23-24-25)20(26)22-18-7-5-4-6-15(18)12-21/h8-11,13,15,18H,4-7,12,21H2,1-3H3,(H,22,26). The molecule has 3 N–H and O–H groups in total. The molecule has 1 amide bonds. The molecule has 2 atom stereocenters. The Morgan fingerprint density at radius 3 is 2.67 bits per heavy atom. The van der Waals surface area contributed by atoms with E-state index in [-0.39, 0.29) is 18.1 Å². The van der Waals surface area contributed by atoms with Gasteiger partial charge in [0.1, 0.15) is 5.75 Å². The van der Waals surface area contributed by atoms with Gasteiger partial charge in [0.15, 0.2) is 5.69 Å². The van der Waals surface area contributed by atoms with Crippen molar-refractivity contribution in [1.82, 2.24) is 20.3 Å². The lowest BCUT2D eigenvalue weighted by Crippen LogP contribution is -2.45. The maximum absolute atomic E-state index is 12.7. The van der Waals surface area contributed by atoms with Gasteiger partial charge in [-0.05, 0) is 70.3 Å². The van der Waals surface area contributed by atoms with Gasteiger partial charge >= 0.3 is 0 Å². The third kappa shape index (κ3) is 4.47. The SMILES string of the molecule is Cc1c(C(=O)NC2CCCCC2CN)nnn1-c1ccc(OC(C)C)cc1. The number of benzene rings is 1. The molecule has 0 saturated heterocycles. The van der Waals surface area contributed by atoms with Gasteiger partial charge in [0.2, 0.25) is 0 Å². The van der Waals surface area contributed by atoms with Gasteiger partial charge in [-0.25, -0.2) is 4.68 Å². The summed E-state index contributed by atoms with van der Waals surface area (Å²) in [5, 5.41) is 11.4. The number of nitrogens with one attached hydrogen (secondary N) is 1. The Morgan fingerprint density at radius 1 is 1.30 bits per heavy atom. The van der Waals surface area contributed by atoms with E-state index in [0.29, 0.717) is 23.9 Å². The topological polar surface area (TPSA) is 95.1 Å². The first kappa shape index (κ1) is 19.4. The second kappa shape index (κ2) is 8.52. The van der Waals surface area contributed by atoms with Crippen molar-refractivity contribution < 1.29 is 9.53 Å². The number of carbonyl (C=O) groups excluding carboxylic acids is 1. The zero-order valence-electron chi connectivity index (χ0n) is 16.3. The highest BCUT2D eigenvalue weighted by Gasteiger charge is 2.27. The molecule has 1 aromatic heterocycles. The van der Waals surface area contributed by atoms with E-state index >= 15 is 0 Å². The first-order valence-corrected chi connectivity index (χ1v) is 9.70. The van der Waals surface area contributed by atoms with Crippen LogP contribution in [0.1, 0.15) is 55.7 Å². The normalized spacial score (nSPS) is 19.9. The predicted molar refractivity (Wildman–Crippen MR) is 104 cm³/mol. The zero-order valence-corrected chi connectivity index (χ0v) is 16.3. The summed E-state index contributed by atoms with van der Waals surface area (Å²) in [5.41, 5.74) is 7.78. The third-order valence-corrected chi connectivity index (χ3v) is 5.09. The first-order chi connectivity index (χ1) is 13.0. The molecule has 1 aromatic carbocycles. The van der Waals surface area contributed by atoms with Gasteiger partial charge in [-0.3, -0.25) is 4.79 Å². The molecule has 0 radical (unpaired) electrons. The number of carbonyl (C=O) groups is 1. The van der Waals surface area contributed by atoms with Crippen molar-refractivity contribution in [2.75, 3.05) is 6.54 Å². The Hall–Kier alpha value is -2.41. The molecule has 2 unspecified atom stereocenters. The molecular formula is C20H29N5O2. The van der Waals surface area contributed by atoms with Crippen molar-refractivity contribution in [2.45, 2.75) is 58.6 Å². The minimum Gasteiger partial charge on any atom is -0.491 e. The molecule has 2 aromatic rings. The van der Waals surface area contributed by atoms with E-state index in [0.717, 1.165) is 30.7 Å². The average molecular weight is 371 g/mol. The smallest absolute Gasteiger partial charge is 0.273 e. The van der Waals surface area contributed by atoms with Gasteiger partial charge in [0.05, 0.1) is 17.5 Å². The largest absolute Gasteiger partial charge is 0.491 e. The summed E-state index contributed by atoms with van der Waals surface area (Å²) in [5.74, 6) is 0.963. The van der Waals surface area contributed by atoms with Crippen molar-refractivity contribution >= 4 is 5.91 Å². The fraction of sp³-hybridized carbons (Fsp3) is 0.550. The van der Waals surface area contributed by atoms with E-state index < -0.39 is 0 Å². The summed E-state index contributed by atoms with van der Waals surface area (Å²) < 4.78 is 7.34. The van der Waals surface area contributed by atoms with E-state index in [1.165, 1.54) is 6.42 Å². The third-order valence-electron chi connectivity index (χ3n) is 5.09. The molecule has 0 spiro atoms. The van der Waals surface area contributed by atoms with Crippen LogP contribution in [0, 0.1) is 12.8 Å². The average Bonchev–Trinajstić information content (AvgIpc) is 3.04. The van der Waals surface area contributed by atoms with E-state index in [2.05, 4.69) is 15.6 Å². The van der Waals surface area contributed by atoms with E-state index in [1.807, 2.05) is 45.0 Å². The monoisotopic (exact) mass is 371 g/mol. The van der Waals surface area contributed by atoms with Gasteiger partial charge in [0, 0.05) is 6.04 Å². The highest BCUT2D eigenvalue weighted by Crippen LogP contribution is 2.24. The predicted octanol–water partition coefficient (Wildman–Crippen LogP) is 2.61. The number of nitrogens with zero attached hydrogens (tertiary/aromatic N) is 3. The van der Waals surface area contributed by atoms with Crippen LogP contribution in [0.4, 0.5) is 0 Å². The van der Waals surface area contributed by atoms with Gasteiger partial charge in [-0.1, -0.05) is 18.1 Å². The van der Waals surface area contributed by atoms with Crippen molar-refractivity contribution in [3.63, 3.8) is 0 Å². The van der Waals surface area contributed by atoms with Crippen LogP contribution in [0.15, 0.2) is 24.3 Å². The number of hydrogen-bond acceptors (Lipinski definition) is 5. The van der Waals surface area contributed by atoms with E-state index in [9.17, 15) is 4.79 Å². The molecule has 0 aliphatic heterocycles. The Morgan fingerprint density at radius 2 is 2.00 bits per heavy atom. The Bertz CT molecular complexity index is 769. The lowest BCUT2D eigenvalue weighted by atomic mass is 9.84. The van der Waals surface area contributed by atoms with Crippen molar-refractivity contribution in [3.8, 4) is 11.4 Å². The van der Waals surface area contributed by atoms with Crippen molar-refractivity contribution in [1.29, 1.82) is 0 Å². The molecule has 1 fully saturated rings. The molecule has 3 rings (SSSR count). The fourth-order valence-electron chi connectivity index (χ4n) is 3.64. The van der Waals surface area contributed by atoms with Gasteiger partial charge in [-0.15, -0.1) is 5.10 Å². The second-order valence-electron chi connectivity index (χ2n) is 7.46.